The molecule has 0 bridgehead atoms. The Kier molecular flexibility index (Phi) is 7.07. The molecule has 1 unspecified atom stereocenters. The Morgan fingerprint density at radius 1 is 1.05 bits per heavy atom. The Morgan fingerprint density at radius 3 is 1.95 bits per heavy atom. The Balaban J connectivity index is 4.42. The van der Waals surface area contributed by atoms with Crippen molar-refractivity contribution in [3.63, 3.8) is 0 Å². The number of carbonyl (C=O) groups is 3. The van der Waals surface area contributed by atoms with Gasteiger partial charge in [-0.25, -0.2) is 0 Å². The average Bonchev–Trinajstić information content (AvgIpc) is 2.18. The van der Waals surface area contributed by atoms with E-state index < -0.39 is 23.5 Å². The number of rotatable bonds is 7. The first-order chi connectivity index (χ1) is 9.30. The van der Waals surface area contributed by atoms with Crippen molar-refractivity contribution >= 4 is 17.7 Å². The molecule has 5 heteroatoms. The molecule has 0 spiro atoms. The number of carboxylic acid groups (broad SMARTS) is 1. The van der Waals surface area contributed by atoms with Crippen LogP contribution < -0.4 is 0 Å². The van der Waals surface area contributed by atoms with Crippen LogP contribution >= 0.6 is 0 Å². The first-order valence-electron chi connectivity index (χ1n) is 7.26. The summed E-state index contributed by atoms with van der Waals surface area (Å²) in [4.78, 5) is 34.7. The minimum Gasteiger partial charge on any atom is -0.481 e. The highest BCUT2D eigenvalue weighted by atomic mass is 16.6. The zero-order chi connectivity index (χ0) is 16.8. The number of aliphatic carboxylic acids is 1. The van der Waals surface area contributed by atoms with Crippen LogP contribution in [-0.2, 0) is 19.1 Å². The standard InChI is InChI=1S/C16H28O5/c1-15(2,3)10-12(17)9-11(14(19)20)7-8-13(18)21-16(4,5)6/h11H,7-10H2,1-6H3,(H,19,20). The van der Waals surface area contributed by atoms with E-state index in [1.165, 1.54) is 0 Å². The van der Waals surface area contributed by atoms with E-state index in [0.717, 1.165) is 0 Å². The maximum atomic E-state index is 11.9. The molecule has 0 aliphatic rings. The van der Waals surface area contributed by atoms with Crippen LogP contribution in [0.3, 0.4) is 0 Å². The first kappa shape index (κ1) is 19.6. The second-order valence-electron chi connectivity index (χ2n) is 7.64. The van der Waals surface area contributed by atoms with Crippen molar-refractivity contribution in [1.82, 2.24) is 0 Å². The summed E-state index contributed by atoms with van der Waals surface area (Å²) in [5.74, 6) is -2.38. The molecule has 0 aliphatic carbocycles. The zero-order valence-electron chi connectivity index (χ0n) is 14.0. The quantitative estimate of drug-likeness (QED) is 0.730. The Hall–Kier alpha value is -1.39. The van der Waals surface area contributed by atoms with Crippen LogP contribution in [-0.4, -0.2) is 28.4 Å². The van der Waals surface area contributed by atoms with Crippen molar-refractivity contribution in [1.29, 1.82) is 0 Å². The van der Waals surface area contributed by atoms with Gasteiger partial charge in [0.15, 0.2) is 0 Å². The molecule has 21 heavy (non-hydrogen) atoms. The highest BCUT2D eigenvalue weighted by molar-refractivity contribution is 5.84. The smallest absolute Gasteiger partial charge is 0.306 e. The minimum atomic E-state index is -1.04. The van der Waals surface area contributed by atoms with E-state index >= 15 is 0 Å². The van der Waals surface area contributed by atoms with E-state index in [-0.39, 0.29) is 30.5 Å². The van der Waals surface area contributed by atoms with Crippen LogP contribution in [0.25, 0.3) is 0 Å². The predicted octanol–water partition coefficient (Wildman–Crippen LogP) is 3.20. The number of hydrogen-bond acceptors (Lipinski definition) is 4. The van der Waals surface area contributed by atoms with Gasteiger partial charge in [0.1, 0.15) is 11.4 Å². The van der Waals surface area contributed by atoms with Crippen LogP contribution in [0.1, 0.15) is 67.2 Å². The van der Waals surface area contributed by atoms with Crippen LogP contribution in [0.15, 0.2) is 0 Å². The maximum Gasteiger partial charge on any atom is 0.306 e. The highest BCUT2D eigenvalue weighted by Crippen LogP contribution is 2.23. The second-order valence-corrected chi connectivity index (χ2v) is 7.64. The van der Waals surface area contributed by atoms with Gasteiger partial charge in [0.25, 0.3) is 0 Å². The number of ether oxygens (including phenoxy) is 1. The fraction of sp³-hybridized carbons (Fsp3) is 0.812. The van der Waals surface area contributed by atoms with Gasteiger partial charge in [-0.05, 0) is 32.6 Å². The van der Waals surface area contributed by atoms with Gasteiger partial charge < -0.3 is 9.84 Å². The summed E-state index contributed by atoms with van der Waals surface area (Å²) >= 11 is 0. The topological polar surface area (TPSA) is 80.7 Å². The van der Waals surface area contributed by atoms with Gasteiger partial charge >= 0.3 is 11.9 Å². The SMILES string of the molecule is CC(C)(C)CC(=O)CC(CCC(=O)OC(C)(C)C)C(=O)O. The molecule has 0 rings (SSSR count). The van der Waals surface area contributed by atoms with E-state index in [0.29, 0.717) is 6.42 Å². The molecular formula is C16H28O5. The molecule has 1 N–H and O–H groups in total. The molecule has 0 fully saturated rings. The Labute approximate surface area is 127 Å². The lowest BCUT2D eigenvalue weighted by molar-refractivity contribution is -0.155. The highest BCUT2D eigenvalue weighted by Gasteiger charge is 2.26. The van der Waals surface area contributed by atoms with Crippen molar-refractivity contribution in [2.75, 3.05) is 0 Å². The molecule has 0 saturated heterocycles. The fourth-order valence-electron chi connectivity index (χ4n) is 1.94. The van der Waals surface area contributed by atoms with E-state index in [9.17, 15) is 14.4 Å². The van der Waals surface area contributed by atoms with Crippen LogP contribution in [0, 0.1) is 11.3 Å². The molecular weight excluding hydrogens is 272 g/mol. The number of carboxylic acids is 1. The van der Waals surface area contributed by atoms with Crippen molar-refractivity contribution < 1.29 is 24.2 Å². The lowest BCUT2D eigenvalue weighted by Gasteiger charge is -2.21. The van der Waals surface area contributed by atoms with E-state index in [4.69, 9.17) is 9.84 Å². The molecule has 0 heterocycles. The summed E-state index contributed by atoms with van der Waals surface area (Å²) in [6.45, 7) is 11.1. The molecule has 0 aliphatic heterocycles. The first-order valence-corrected chi connectivity index (χ1v) is 7.26. The summed E-state index contributed by atoms with van der Waals surface area (Å²) < 4.78 is 5.14. The molecule has 5 nitrogen and oxygen atoms in total. The minimum absolute atomic E-state index is 0.0109. The normalized spacial score (nSPS) is 13.6. The summed E-state index contributed by atoms with van der Waals surface area (Å²) in [6.07, 6.45) is 0.440. The molecule has 1 atom stereocenters. The third kappa shape index (κ3) is 11.0. The van der Waals surface area contributed by atoms with Gasteiger partial charge in [0, 0.05) is 19.3 Å². The Bertz CT molecular complexity index is 384. The van der Waals surface area contributed by atoms with E-state index in [2.05, 4.69) is 0 Å². The fourth-order valence-corrected chi connectivity index (χ4v) is 1.94. The number of carbonyl (C=O) groups excluding carboxylic acids is 2. The van der Waals surface area contributed by atoms with E-state index in [1.54, 1.807) is 20.8 Å². The summed E-state index contributed by atoms with van der Waals surface area (Å²) in [6, 6.07) is 0. The molecule has 0 amide bonds. The number of esters is 1. The van der Waals surface area contributed by atoms with Crippen molar-refractivity contribution in [2.45, 2.75) is 72.8 Å². The summed E-state index contributed by atoms with van der Waals surface area (Å²) in [7, 11) is 0. The van der Waals surface area contributed by atoms with Gasteiger partial charge in [-0.15, -0.1) is 0 Å². The van der Waals surface area contributed by atoms with Crippen molar-refractivity contribution in [3.05, 3.63) is 0 Å². The molecule has 0 aromatic rings. The second kappa shape index (κ2) is 7.57. The third-order valence-electron chi connectivity index (χ3n) is 2.67. The number of ketones is 1. The van der Waals surface area contributed by atoms with Crippen LogP contribution in [0.5, 0.6) is 0 Å². The van der Waals surface area contributed by atoms with Crippen molar-refractivity contribution in [2.24, 2.45) is 11.3 Å². The van der Waals surface area contributed by atoms with Gasteiger partial charge in [-0.3, -0.25) is 14.4 Å². The number of hydrogen-bond donors (Lipinski definition) is 1. The maximum absolute atomic E-state index is 11.9. The summed E-state index contributed by atoms with van der Waals surface area (Å²) in [5, 5.41) is 9.16. The Morgan fingerprint density at radius 2 is 1.57 bits per heavy atom. The molecule has 122 valence electrons. The van der Waals surface area contributed by atoms with Gasteiger partial charge in [0.05, 0.1) is 5.92 Å². The van der Waals surface area contributed by atoms with Gasteiger partial charge in [-0.2, -0.15) is 0 Å². The van der Waals surface area contributed by atoms with E-state index in [1.807, 2.05) is 20.8 Å². The lowest BCUT2D eigenvalue weighted by atomic mass is 9.86. The number of Topliss-reactive ketones (excluding diaryl/α,β-unsaturated/α-hetero) is 1. The summed E-state index contributed by atoms with van der Waals surface area (Å²) in [5.41, 5.74) is -0.747. The third-order valence-corrected chi connectivity index (χ3v) is 2.67. The van der Waals surface area contributed by atoms with Crippen LogP contribution in [0.4, 0.5) is 0 Å². The van der Waals surface area contributed by atoms with Crippen LogP contribution in [0.2, 0.25) is 0 Å². The molecule has 0 aromatic carbocycles. The zero-order valence-corrected chi connectivity index (χ0v) is 14.0. The molecule has 0 radical (unpaired) electrons. The van der Waals surface area contributed by atoms with Crippen molar-refractivity contribution in [3.8, 4) is 0 Å². The lowest BCUT2D eigenvalue weighted by Crippen LogP contribution is -2.26. The predicted molar refractivity (Wildman–Crippen MR) is 79.9 cm³/mol. The van der Waals surface area contributed by atoms with Gasteiger partial charge in [0.2, 0.25) is 0 Å². The van der Waals surface area contributed by atoms with Gasteiger partial charge in [-0.1, -0.05) is 20.8 Å². The monoisotopic (exact) mass is 300 g/mol. The molecule has 0 saturated carbocycles. The molecule has 0 aromatic heterocycles. The largest absolute Gasteiger partial charge is 0.481 e. The average molecular weight is 300 g/mol.